The van der Waals surface area contributed by atoms with Crippen LogP contribution in [0.25, 0.3) is 0 Å². The minimum Gasteiger partial charge on any atom is -0.334 e. The van der Waals surface area contributed by atoms with Gasteiger partial charge in [-0.15, -0.1) is 11.8 Å². The zero-order valence-electron chi connectivity index (χ0n) is 12.8. The Hall–Kier alpha value is -1.74. The van der Waals surface area contributed by atoms with E-state index >= 15 is 0 Å². The molecule has 0 radical (unpaired) electrons. The van der Waals surface area contributed by atoms with Crippen LogP contribution in [0.1, 0.15) is 18.9 Å². The average molecular weight is 311 g/mol. The van der Waals surface area contributed by atoms with E-state index in [0.717, 1.165) is 12.3 Å². The molecule has 2 unspecified atom stereocenters. The molecule has 0 spiro atoms. The molecule has 2 aromatic rings. The third-order valence-electron chi connectivity index (χ3n) is 4.23. The number of benzene rings is 2. The van der Waals surface area contributed by atoms with Crippen molar-refractivity contribution in [3.05, 3.63) is 66.2 Å². The number of thioether (sulfide) groups is 1. The van der Waals surface area contributed by atoms with Crippen molar-refractivity contribution >= 4 is 17.7 Å². The number of rotatable bonds is 5. The molecule has 1 aliphatic heterocycles. The molecule has 1 heterocycles. The predicted octanol–water partition coefficient (Wildman–Crippen LogP) is 4.22. The maximum absolute atomic E-state index is 12.3. The number of hydrogen-bond donors (Lipinski definition) is 0. The molecule has 3 heteroatoms. The second-order valence-electron chi connectivity index (χ2n) is 5.88. The van der Waals surface area contributed by atoms with Crippen LogP contribution in [0, 0.1) is 5.92 Å². The minimum atomic E-state index is 0.287. The Kier molecular flexibility index (Phi) is 4.84. The molecule has 0 N–H and O–H groups in total. The first-order valence-electron chi connectivity index (χ1n) is 7.75. The van der Waals surface area contributed by atoms with Crippen molar-refractivity contribution in [3.8, 4) is 0 Å². The zero-order chi connectivity index (χ0) is 15.4. The van der Waals surface area contributed by atoms with Gasteiger partial charge in [-0.25, -0.2) is 0 Å². The van der Waals surface area contributed by atoms with Gasteiger partial charge in [0.25, 0.3) is 0 Å². The lowest BCUT2D eigenvalue weighted by molar-refractivity contribution is -0.129. The van der Waals surface area contributed by atoms with Crippen molar-refractivity contribution in [3.63, 3.8) is 0 Å². The van der Waals surface area contributed by atoms with E-state index in [-0.39, 0.29) is 5.91 Å². The molecule has 1 saturated heterocycles. The number of nitrogens with zero attached hydrogens (tertiary/aromatic N) is 1. The number of amides is 1. The molecule has 0 saturated carbocycles. The lowest BCUT2D eigenvalue weighted by Crippen LogP contribution is -2.36. The fraction of sp³-hybridized carbons (Fsp3) is 0.316. The van der Waals surface area contributed by atoms with Gasteiger partial charge in [0, 0.05) is 29.7 Å². The molecule has 0 bridgehead atoms. The summed E-state index contributed by atoms with van der Waals surface area (Å²) in [6.45, 7) is 2.92. The number of carbonyl (C=O) groups excluding carboxylic acids is 1. The largest absolute Gasteiger partial charge is 0.334 e. The standard InChI is InChI=1S/C19H21NOS/c1-15-12-19(21)20(13-16-8-4-2-5-9-16)18(15)14-22-17-10-6-3-7-11-17/h2-11,15,18H,12-14H2,1H3. The Balaban J connectivity index is 1.68. The summed E-state index contributed by atoms with van der Waals surface area (Å²) < 4.78 is 0. The van der Waals surface area contributed by atoms with Gasteiger partial charge in [-0.05, 0) is 23.6 Å². The highest BCUT2D eigenvalue weighted by Crippen LogP contribution is 2.31. The number of hydrogen-bond acceptors (Lipinski definition) is 2. The SMILES string of the molecule is CC1CC(=O)N(Cc2ccccc2)C1CSc1ccccc1. The number of likely N-dealkylation sites (tertiary alicyclic amines) is 1. The van der Waals surface area contributed by atoms with E-state index in [4.69, 9.17) is 0 Å². The van der Waals surface area contributed by atoms with Crippen molar-refractivity contribution in [2.75, 3.05) is 5.75 Å². The molecule has 22 heavy (non-hydrogen) atoms. The summed E-state index contributed by atoms with van der Waals surface area (Å²) in [7, 11) is 0. The van der Waals surface area contributed by atoms with Crippen molar-refractivity contribution in [2.45, 2.75) is 30.8 Å². The molecular weight excluding hydrogens is 290 g/mol. The molecule has 2 atom stereocenters. The van der Waals surface area contributed by atoms with Crippen molar-refractivity contribution in [2.24, 2.45) is 5.92 Å². The zero-order valence-corrected chi connectivity index (χ0v) is 13.6. The summed E-state index contributed by atoms with van der Waals surface area (Å²) in [5, 5.41) is 0. The molecule has 0 aromatic heterocycles. The normalized spacial score (nSPS) is 21.3. The number of carbonyl (C=O) groups is 1. The van der Waals surface area contributed by atoms with Gasteiger partial charge in [-0.1, -0.05) is 55.5 Å². The summed E-state index contributed by atoms with van der Waals surface area (Å²) in [5.41, 5.74) is 1.21. The molecular formula is C19H21NOS. The maximum atomic E-state index is 12.3. The van der Waals surface area contributed by atoms with Crippen LogP contribution in [0.5, 0.6) is 0 Å². The van der Waals surface area contributed by atoms with Crippen LogP contribution in [0.15, 0.2) is 65.6 Å². The van der Waals surface area contributed by atoms with Gasteiger partial charge < -0.3 is 4.90 Å². The van der Waals surface area contributed by atoms with E-state index in [0.29, 0.717) is 18.4 Å². The lowest BCUT2D eigenvalue weighted by atomic mass is 10.0. The van der Waals surface area contributed by atoms with E-state index in [1.807, 2.05) is 36.0 Å². The molecule has 1 aliphatic rings. The Bertz CT molecular complexity index is 614. The molecule has 2 aromatic carbocycles. The highest BCUT2D eigenvalue weighted by atomic mass is 32.2. The topological polar surface area (TPSA) is 20.3 Å². The van der Waals surface area contributed by atoms with Crippen LogP contribution in [0.2, 0.25) is 0 Å². The first-order valence-corrected chi connectivity index (χ1v) is 8.74. The molecule has 2 nitrogen and oxygen atoms in total. The van der Waals surface area contributed by atoms with E-state index in [1.54, 1.807) is 0 Å². The van der Waals surface area contributed by atoms with Crippen LogP contribution in [-0.4, -0.2) is 22.6 Å². The first-order chi connectivity index (χ1) is 10.7. The predicted molar refractivity (Wildman–Crippen MR) is 91.7 cm³/mol. The van der Waals surface area contributed by atoms with Gasteiger partial charge in [-0.2, -0.15) is 0 Å². The van der Waals surface area contributed by atoms with Gasteiger partial charge in [0.2, 0.25) is 5.91 Å². The van der Waals surface area contributed by atoms with Crippen molar-refractivity contribution < 1.29 is 4.79 Å². The monoisotopic (exact) mass is 311 g/mol. The fourth-order valence-corrected chi connectivity index (χ4v) is 4.18. The molecule has 3 rings (SSSR count). The van der Waals surface area contributed by atoms with Gasteiger partial charge in [0.1, 0.15) is 0 Å². The van der Waals surface area contributed by atoms with Crippen molar-refractivity contribution in [1.82, 2.24) is 4.90 Å². The second kappa shape index (κ2) is 7.01. The van der Waals surface area contributed by atoms with Gasteiger partial charge in [0.05, 0.1) is 0 Å². The molecule has 114 valence electrons. The van der Waals surface area contributed by atoms with Crippen LogP contribution in [-0.2, 0) is 11.3 Å². The van der Waals surface area contributed by atoms with Gasteiger partial charge >= 0.3 is 0 Å². The third kappa shape index (κ3) is 3.53. The van der Waals surface area contributed by atoms with E-state index in [9.17, 15) is 4.79 Å². The Labute approximate surface area is 136 Å². The molecule has 1 fully saturated rings. The molecule has 0 aliphatic carbocycles. The Morgan fingerprint density at radius 2 is 1.68 bits per heavy atom. The second-order valence-corrected chi connectivity index (χ2v) is 6.97. The summed E-state index contributed by atoms with van der Waals surface area (Å²) in [4.78, 5) is 15.7. The Morgan fingerprint density at radius 1 is 1.05 bits per heavy atom. The van der Waals surface area contributed by atoms with Crippen LogP contribution >= 0.6 is 11.8 Å². The fourth-order valence-electron chi connectivity index (χ4n) is 2.96. The van der Waals surface area contributed by atoms with E-state index < -0.39 is 0 Å². The highest BCUT2D eigenvalue weighted by Gasteiger charge is 2.36. The van der Waals surface area contributed by atoms with Crippen molar-refractivity contribution in [1.29, 1.82) is 0 Å². The maximum Gasteiger partial charge on any atom is 0.223 e. The summed E-state index contributed by atoms with van der Waals surface area (Å²) in [6.07, 6.45) is 0.673. The minimum absolute atomic E-state index is 0.287. The van der Waals surface area contributed by atoms with E-state index in [1.165, 1.54) is 10.5 Å². The van der Waals surface area contributed by atoms with Crippen LogP contribution in [0.4, 0.5) is 0 Å². The van der Waals surface area contributed by atoms with E-state index in [2.05, 4.69) is 48.2 Å². The summed E-state index contributed by atoms with van der Waals surface area (Å²) in [6, 6.07) is 21.0. The smallest absolute Gasteiger partial charge is 0.223 e. The van der Waals surface area contributed by atoms with Gasteiger partial charge in [-0.3, -0.25) is 4.79 Å². The Morgan fingerprint density at radius 3 is 2.36 bits per heavy atom. The third-order valence-corrected chi connectivity index (χ3v) is 5.35. The quantitative estimate of drug-likeness (QED) is 0.771. The highest BCUT2D eigenvalue weighted by molar-refractivity contribution is 7.99. The van der Waals surface area contributed by atoms with Crippen LogP contribution in [0.3, 0.4) is 0 Å². The summed E-state index contributed by atoms with van der Waals surface area (Å²) in [5.74, 6) is 1.67. The van der Waals surface area contributed by atoms with Crippen LogP contribution < -0.4 is 0 Å². The first kappa shape index (κ1) is 15.2. The summed E-state index contributed by atoms with van der Waals surface area (Å²) >= 11 is 1.84. The molecule has 1 amide bonds. The average Bonchev–Trinajstić information content (AvgIpc) is 2.81. The van der Waals surface area contributed by atoms with Gasteiger partial charge in [0.15, 0.2) is 0 Å². The lowest BCUT2D eigenvalue weighted by Gasteiger charge is -2.27.